The summed E-state index contributed by atoms with van der Waals surface area (Å²) in [6.07, 6.45) is 0.867. The summed E-state index contributed by atoms with van der Waals surface area (Å²) >= 11 is 1.34. The molecule has 1 fully saturated rings. The van der Waals surface area contributed by atoms with Crippen LogP contribution in [0.2, 0.25) is 0 Å². The summed E-state index contributed by atoms with van der Waals surface area (Å²) in [7, 11) is 0. The van der Waals surface area contributed by atoms with E-state index in [2.05, 4.69) is 12.2 Å². The number of hydrogen-bond donors (Lipinski definition) is 1. The summed E-state index contributed by atoms with van der Waals surface area (Å²) in [5.41, 5.74) is 0.804. The van der Waals surface area contributed by atoms with Crippen LogP contribution in [0.1, 0.15) is 34.6 Å². The molecule has 2 aromatic rings. The zero-order valence-corrected chi connectivity index (χ0v) is 14.2. The fraction of sp³-hybridized carbons (Fsp3) is 0.333. The molecule has 1 aromatic carbocycles. The van der Waals surface area contributed by atoms with Gasteiger partial charge in [0, 0.05) is 6.54 Å². The Morgan fingerprint density at radius 1 is 1.33 bits per heavy atom. The van der Waals surface area contributed by atoms with E-state index in [1.165, 1.54) is 23.5 Å². The number of carbonyl (C=O) groups is 2. The van der Waals surface area contributed by atoms with Crippen molar-refractivity contribution in [1.29, 1.82) is 0 Å². The van der Waals surface area contributed by atoms with Gasteiger partial charge in [-0.2, -0.15) is 0 Å². The molecule has 1 saturated heterocycles. The van der Waals surface area contributed by atoms with E-state index in [1.54, 1.807) is 23.1 Å². The normalized spacial score (nSPS) is 20.2. The van der Waals surface area contributed by atoms with E-state index in [0.29, 0.717) is 11.4 Å². The molecule has 4 nitrogen and oxygen atoms in total. The third kappa shape index (κ3) is 3.48. The Labute approximate surface area is 144 Å². The standard InChI is InChI=1S/C18H19FN2O2S/c1-12-7-8-21(17(12)13-4-2-5-14(19)10-13)16(22)11-20-18(23)15-6-3-9-24-15/h2-6,9-10,12,17H,7-8,11H2,1H3,(H,20,23). The minimum atomic E-state index is -0.301. The topological polar surface area (TPSA) is 49.4 Å². The molecule has 3 rings (SSSR count). The molecule has 1 aliphatic rings. The van der Waals surface area contributed by atoms with Crippen LogP contribution in [-0.2, 0) is 4.79 Å². The molecule has 0 bridgehead atoms. The molecule has 24 heavy (non-hydrogen) atoms. The van der Waals surface area contributed by atoms with Gasteiger partial charge in [0.15, 0.2) is 0 Å². The minimum Gasteiger partial charge on any atom is -0.342 e. The van der Waals surface area contributed by atoms with Gasteiger partial charge in [-0.15, -0.1) is 11.3 Å². The lowest BCUT2D eigenvalue weighted by molar-refractivity contribution is -0.131. The Hall–Kier alpha value is -2.21. The number of benzene rings is 1. The van der Waals surface area contributed by atoms with E-state index in [-0.39, 0.29) is 36.1 Å². The van der Waals surface area contributed by atoms with Crippen LogP contribution in [0.4, 0.5) is 4.39 Å². The average molecular weight is 346 g/mol. The molecule has 0 radical (unpaired) electrons. The van der Waals surface area contributed by atoms with Crippen molar-refractivity contribution in [2.75, 3.05) is 13.1 Å². The third-order valence-corrected chi connectivity index (χ3v) is 5.22. The van der Waals surface area contributed by atoms with E-state index in [0.717, 1.165) is 12.0 Å². The molecular weight excluding hydrogens is 327 g/mol. The summed E-state index contributed by atoms with van der Waals surface area (Å²) in [4.78, 5) is 26.8. The molecule has 0 saturated carbocycles. The quantitative estimate of drug-likeness (QED) is 0.924. The Kier molecular flexibility index (Phi) is 4.94. The lowest BCUT2D eigenvalue weighted by Gasteiger charge is -2.27. The molecule has 1 aliphatic heterocycles. The average Bonchev–Trinajstić information content (AvgIpc) is 3.22. The maximum absolute atomic E-state index is 13.5. The Bertz CT molecular complexity index is 732. The monoisotopic (exact) mass is 346 g/mol. The van der Waals surface area contributed by atoms with Crippen molar-refractivity contribution >= 4 is 23.2 Å². The highest BCUT2D eigenvalue weighted by Gasteiger charge is 2.35. The first kappa shape index (κ1) is 16.6. The van der Waals surface area contributed by atoms with Gasteiger partial charge in [0.1, 0.15) is 5.82 Å². The highest BCUT2D eigenvalue weighted by atomic mass is 32.1. The summed E-state index contributed by atoms with van der Waals surface area (Å²) in [6, 6.07) is 9.76. The Morgan fingerprint density at radius 3 is 2.88 bits per heavy atom. The highest BCUT2D eigenvalue weighted by molar-refractivity contribution is 7.12. The van der Waals surface area contributed by atoms with Gasteiger partial charge < -0.3 is 10.2 Å². The van der Waals surface area contributed by atoms with E-state index in [1.807, 2.05) is 11.4 Å². The summed E-state index contributed by atoms with van der Waals surface area (Å²) in [5, 5.41) is 4.48. The first-order valence-electron chi connectivity index (χ1n) is 7.93. The van der Waals surface area contributed by atoms with Gasteiger partial charge in [0.25, 0.3) is 5.91 Å². The van der Waals surface area contributed by atoms with E-state index >= 15 is 0 Å². The molecule has 2 unspecified atom stereocenters. The molecule has 126 valence electrons. The predicted octanol–water partition coefficient (Wildman–Crippen LogP) is 3.23. The second-order valence-corrected chi connectivity index (χ2v) is 6.96. The van der Waals surface area contributed by atoms with Gasteiger partial charge in [0.05, 0.1) is 17.5 Å². The number of halogens is 1. The van der Waals surface area contributed by atoms with Crippen molar-refractivity contribution in [3.05, 3.63) is 58.0 Å². The lowest BCUT2D eigenvalue weighted by Crippen LogP contribution is -2.40. The first-order valence-corrected chi connectivity index (χ1v) is 8.81. The predicted molar refractivity (Wildman–Crippen MR) is 91.3 cm³/mol. The second kappa shape index (κ2) is 7.13. The fourth-order valence-electron chi connectivity index (χ4n) is 3.18. The molecule has 0 aliphatic carbocycles. The van der Waals surface area contributed by atoms with Gasteiger partial charge in [-0.05, 0) is 41.5 Å². The molecule has 1 aromatic heterocycles. The number of thiophene rings is 1. The van der Waals surface area contributed by atoms with Crippen molar-refractivity contribution in [1.82, 2.24) is 10.2 Å². The van der Waals surface area contributed by atoms with Crippen LogP contribution in [0.5, 0.6) is 0 Å². The second-order valence-electron chi connectivity index (χ2n) is 6.01. The zero-order chi connectivity index (χ0) is 17.1. The van der Waals surface area contributed by atoms with Crippen LogP contribution in [-0.4, -0.2) is 29.8 Å². The number of amides is 2. The molecule has 2 atom stereocenters. The zero-order valence-electron chi connectivity index (χ0n) is 13.4. The largest absolute Gasteiger partial charge is 0.342 e. The van der Waals surface area contributed by atoms with Crippen molar-refractivity contribution in [3.8, 4) is 0 Å². The van der Waals surface area contributed by atoms with Gasteiger partial charge in [0.2, 0.25) is 5.91 Å². The number of nitrogens with one attached hydrogen (secondary N) is 1. The van der Waals surface area contributed by atoms with E-state index in [9.17, 15) is 14.0 Å². The third-order valence-electron chi connectivity index (χ3n) is 4.36. The van der Waals surface area contributed by atoms with Crippen molar-refractivity contribution in [2.24, 2.45) is 5.92 Å². The Balaban J connectivity index is 1.68. The SMILES string of the molecule is CC1CCN(C(=O)CNC(=O)c2cccs2)C1c1cccc(F)c1. The highest BCUT2D eigenvalue weighted by Crippen LogP contribution is 2.37. The summed E-state index contributed by atoms with van der Waals surface area (Å²) in [6.45, 7) is 2.64. The van der Waals surface area contributed by atoms with Crippen LogP contribution >= 0.6 is 11.3 Å². The van der Waals surface area contributed by atoms with Crippen molar-refractivity contribution in [2.45, 2.75) is 19.4 Å². The van der Waals surface area contributed by atoms with E-state index < -0.39 is 0 Å². The van der Waals surface area contributed by atoms with Gasteiger partial charge >= 0.3 is 0 Å². The summed E-state index contributed by atoms with van der Waals surface area (Å²) < 4.78 is 13.5. The number of nitrogens with zero attached hydrogens (tertiary/aromatic N) is 1. The molecule has 6 heteroatoms. The van der Waals surface area contributed by atoms with Gasteiger partial charge in [-0.1, -0.05) is 25.1 Å². The molecule has 0 spiro atoms. The molecule has 2 amide bonds. The smallest absolute Gasteiger partial charge is 0.261 e. The van der Waals surface area contributed by atoms with Gasteiger partial charge in [-0.3, -0.25) is 9.59 Å². The van der Waals surface area contributed by atoms with Crippen LogP contribution in [0.15, 0.2) is 41.8 Å². The maximum Gasteiger partial charge on any atom is 0.261 e. The van der Waals surface area contributed by atoms with Crippen LogP contribution < -0.4 is 5.32 Å². The van der Waals surface area contributed by atoms with Gasteiger partial charge in [-0.25, -0.2) is 4.39 Å². The van der Waals surface area contributed by atoms with Crippen LogP contribution in [0.25, 0.3) is 0 Å². The summed E-state index contributed by atoms with van der Waals surface area (Å²) in [5.74, 6) is -0.430. The molecule has 2 heterocycles. The number of rotatable bonds is 4. The van der Waals surface area contributed by atoms with E-state index in [4.69, 9.17) is 0 Å². The number of hydrogen-bond acceptors (Lipinski definition) is 3. The molecule has 1 N–H and O–H groups in total. The Morgan fingerprint density at radius 2 is 2.17 bits per heavy atom. The van der Waals surface area contributed by atoms with Crippen LogP contribution in [0.3, 0.4) is 0 Å². The number of carbonyl (C=O) groups excluding carboxylic acids is 2. The first-order chi connectivity index (χ1) is 11.6. The molecular formula is C18H19FN2O2S. The number of likely N-dealkylation sites (tertiary alicyclic amines) is 1. The maximum atomic E-state index is 13.5. The lowest BCUT2D eigenvalue weighted by atomic mass is 9.95. The van der Waals surface area contributed by atoms with Crippen molar-refractivity contribution < 1.29 is 14.0 Å². The fourth-order valence-corrected chi connectivity index (χ4v) is 3.82. The van der Waals surface area contributed by atoms with Crippen LogP contribution in [0, 0.1) is 11.7 Å². The minimum absolute atomic E-state index is 0.0464. The van der Waals surface area contributed by atoms with Crippen molar-refractivity contribution in [3.63, 3.8) is 0 Å².